The average Bonchev–Trinajstić information content (AvgIpc) is 3.27. The normalized spacial score (nSPS) is 10.8. The Labute approximate surface area is 202 Å². The molecule has 6 rings (SSSR count). The quantitative estimate of drug-likeness (QED) is 0.287. The van der Waals surface area contributed by atoms with E-state index < -0.39 is 0 Å². The molecule has 0 unspecified atom stereocenters. The predicted molar refractivity (Wildman–Crippen MR) is 139 cm³/mol. The largest absolute Gasteiger partial charge is 0.309 e. The zero-order valence-corrected chi connectivity index (χ0v) is 18.7. The first-order valence-electron chi connectivity index (χ1n) is 11.3. The van der Waals surface area contributed by atoms with Gasteiger partial charge in [-0.15, -0.1) is 0 Å². The summed E-state index contributed by atoms with van der Waals surface area (Å²) in [5.41, 5.74) is 8.16. The van der Waals surface area contributed by atoms with Crippen molar-refractivity contribution < 1.29 is 0 Å². The third-order valence-corrected chi connectivity index (χ3v) is 6.40. The van der Waals surface area contributed by atoms with Crippen LogP contribution >= 0.6 is 0 Å². The second-order valence-corrected chi connectivity index (χ2v) is 8.32. The fourth-order valence-electron chi connectivity index (χ4n) is 4.79. The van der Waals surface area contributed by atoms with Crippen molar-refractivity contribution in [2.45, 2.75) is 0 Å². The molecule has 6 aromatic rings. The van der Waals surface area contributed by atoms with Crippen LogP contribution in [0.15, 0.2) is 109 Å². The lowest BCUT2D eigenvalue weighted by atomic mass is 9.98. The lowest BCUT2D eigenvalue weighted by Crippen LogP contribution is -1.96. The molecule has 0 saturated heterocycles. The Morgan fingerprint density at radius 1 is 0.571 bits per heavy atom. The number of nitriles is 2. The van der Waals surface area contributed by atoms with Crippen molar-refractivity contribution in [3.63, 3.8) is 0 Å². The van der Waals surface area contributed by atoms with Crippen LogP contribution in [0, 0.1) is 22.7 Å². The molecule has 0 atom stereocenters. The van der Waals surface area contributed by atoms with Gasteiger partial charge < -0.3 is 4.57 Å². The van der Waals surface area contributed by atoms with Gasteiger partial charge in [0.05, 0.1) is 34.3 Å². The Balaban J connectivity index is 1.62. The van der Waals surface area contributed by atoms with Crippen molar-refractivity contribution >= 4 is 21.8 Å². The van der Waals surface area contributed by atoms with Gasteiger partial charge in [-0.1, -0.05) is 42.5 Å². The maximum absolute atomic E-state index is 9.73. The van der Waals surface area contributed by atoms with Crippen molar-refractivity contribution in [3.8, 4) is 40.1 Å². The first-order valence-corrected chi connectivity index (χ1v) is 11.3. The highest BCUT2D eigenvalue weighted by atomic mass is 15.0. The summed E-state index contributed by atoms with van der Waals surface area (Å²) in [5, 5.41) is 21.6. The van der Waals surface area contributed by atoms with Gasteiger partial charge in [0, 0.05) is 34.4 Å². The molecular weight excluding hydrogens is 428 g/mol. The summed E-state index contributed by atoms with van der Waals surface area (Å²) in [5.74, 6) is 0. The lowest BCUT2D eigenvalue weighted by molar-refractivity contribution is 1.18. The van der Waals surface area contributed by atoms with Crippen molar-refractivity contribution in [1.29, 1.82) is 10.5 Å². The molecular formula is C31H18N4. The second-order valence-electron chi connectivity index (χ2n) is 8.32. The van der Waals surface area contributed by atoms with Gasteiger partial charge in [-0.2, -0.15) is 10.5 Å². The van der Waals surface area contributed by atoms with Crippen LogP contribution in [0.1, 0.15) is 11.1 Å². The van der Waals surface area contributed by atoms with Crippen LogP contribution in [0.3, 0.4) is 0 Å². The second kappa shape index (κ2) is 8.30. The highest BCUT2D eigenvalue weighted by molar-refractivity contribution is 6.10. The minimum Gasteiger partial charge on any atom is -0.309 e. The molecule has 2 aromatic heterocycles. The maximum atomic E-state index is 9.73. The zero-order valence-electron chi connectivity index (χ0n) is 18.7. The number of aromatic nitrogens is 2. The molecule has 4 heteroatoms. The van der Waals surface area contributed by atoms with Gasteiger partial charge in [0.1, 0.15) is 0 Å². The number of nitrogens with zero attached hydrogens (tertiary/aromatic N) is 4. The number of pyridine rings is 1. The Kier molecular flexibility index (Phi) is 4.84. The highest BCUT2D eigenvalue weighted by Gasteiger charge is 2.15. The zero-order chi connectivity index (χ0) is 23.8. The van der Waals surface area contributed by atoms with Crippen molar-refractivity contribution in [2.24, 2.45) is 0 Å². The molecule has 0 amide bonds. The van der Waals surface area contributed by atoms with E-state index in [1.165, 1.54) is 0 Å². The number of benzene rings is 4. The Morgan fingerprint density at radius 3 is 2.11 bits per heavy atom. The number of rotatable bonds is 3. The molecule has 0 N–H and O–H groups in total. The monoisotopic (exact) mass is 446 g/mol. The summed E-state index contributed by atoms with van der Waals surface area (Å²) in [6.45, 7) is 0. The molecule has 2 heterocycles. The van der Waals surface area contributed by atoms with Crippen molar-refractivity contribution in [1.82, 2.24) is 9.55 Å². The van der Waals surface area contributed by atoms with E-state index in [2.05, 4.69) is 58.1 Å². The van der Waals surface area contributed by atoms with Gasteiger partial charge >= 0.3 is 0 Å². The lowest BCUT2D eigenvalue weighted by Gasteiger charge is -2.12. The standard InChI is InChI=1S/C31H18N4/c32-19-23-5-1-2-6-26(23)22-10-12-31-29(17-22)27-7-3-4-8-30(27)35(31)25-11-9-24(20-33)28(18-25)21-13-15-34-16-14-21/h1-18H. The van der Waals surface area contributed by atoms with Gasteiger partial charge in [0.15, 0.2) is 0 Å². The Hall–Kier alpha value is -5.19. The molecule has 0 aliphatic carbocycles. The molecule has 0 fully saturated rings. The first-order chi connectivity index (χ1) is 17.3. The summed E-state index contributed by atoms with van der Waals surface area (Å²) in [7, 11) is 0. The molecule has 4 nitrogen and oxygen atoms in total. The fourth-order valence-corrected chi connectivity index (χ4v) is 4.79. The molecule has 0 radical (unpaired) electrons. The first kappa shape index (κ1) is 20.4. The van der Waals surface area contributed by atoms with E-state index in [4.69, 9.17) is 0 Å². The summed E-state index contributed by atoms with van der Waals surface area (Å²) < 4.78 is 2.23. The number of hydrogen-bond acceptors (Lipinski definition) is 3. The smallest absolute Gasteiger partial charge is 0.0998 e. The molecule has 0 aliphatic heterocycles. The summed E-state index contributed by atoms with van der Waals surface area (Å²) >= 11 is 0. The molecule has 0 aliphatic rings. The predicted octanol–water partition coefficient (Wildman–Crippen LogP) is 7.26. The summed E-state index contributed by atoms with van der Waals surface area (Å²) in [6.07, 6.45) is 3.48. The Morgan fingerprint density at radius 2 is 1.29 bits per heavy atom. The Bertz CT molecular complexity index is 1820. The van der Waals surface area contributed by atoms with Gasteiger partial charge in [0.2, 0.25) is 0 Å². The van der Waals surface area contributed by atoms with Gasteiger partial charge in [0.25, 0.3) is 0 Å². The van der Waals surface area contributed by atoms with E-state index in [0.717, 1.165) is 49.7 Å². The van der Waals surface area contributed by atoms with E-state index in [1.807, 2.05) is 60.7 Å². The van der Waals surface area contributed by atoms with E-state index in [9.17, 15) is 10.5 Å². The summed E-state index contributed by atoms with van der Waals surface area (Å²) in [6, 6.07) is 36.8. The van der Waals surface area contributed by atoms with Gasteiger partial charge in [-0.3, -0.25) is 4.98 Å². The van der Waals surface area contributed by atoms with E-state index in [-0.39, 0.29) is 0 Å². The molecule has 0 saturated carbocycles. The van der Waals surface area contributed by atoms with Crippen LogP contribution < -0.4 is 0 Å². The minimum atomic E-state index is 0.621. The maximum Gasteiger partial charge on any atom is 0.0998 e. The van der Waals surface area contributed by atoms with E-state index in [1.54, 1.807) is 12.4 Å². The van der Waals surface area contributed by atoms with Crippen molar-refractivity contribution in [3.05, 3.63) is 121 Å². The minimum absolute atomic E-state index is 0.621. The van der Waals surface area contributed by atoms with Gasteiger partial charge in [-0.25, -0.2) is 0 Å². The SMILES string of the molecule is N#Cc1ccccc1-c1ccc2c(c1)c1ccccc1n2-c1ccc(C#N)c(-c2ccncc2)c1. The van der Waals surface area contributed by atoms with Gasteiger partial charge in [-0.05, 0) is 71.3 Å². The number of para-hydroxylation sites is 1. The third kappa shape index (κ3) is 3.33. The highest BCUT2D eigenvalue weighted by Crippen LogP contribution is 2.36. The van der Waals surface area contributed by atoms with Crippen LogP contribution in [-0.4, -0.2) is 9.55 Å². The molecule has 0 spiro atoms. The van der Waals surface area contributed by atoms with Crippen LogP contribution in [0.4, 0.5) is 0 Å². The number of hydrogen-bond donors (Lipinski definition) is 0. The molecule has 162 valence electrons. The van der Waals surface area contributed by atoms with Crippen LogP contribution in [0.25, 0.3) is 49.7 Å². The van der Waals surface area contributed by atoms with Crippen LogP contribution in [-0.2, 0) is 0 Å². The molecule has 4 aromatic carbocycles. The van der Waals surface area contributed by atoms with Crippen LogP contribution in [0.5, 0.6) is 0 Å². The number of fused-ring (bicyclic) bond motifs is 3. The van der Waals surface area contributed by atoms with Crippen molar-refractivity contribution in [2.75, 3.05) is 0 Å². The van der Waals surface area contributed by atoms with E-state index in [0.29, 0.717) is 11.1 Å². The molecule has 35 heavy (non-hydrogen) atoms. The topological polar surface area (TPSA) is 65.4 Å². The average molecular weight is 447 g/mol. The fraction of sp³-hybridized carbons (Fsp3) is 0. The summed E-state index contributed by atoms with van der Waals surface area (Å²) in [4.78, 5) is 4.12. The van der Waals surface area contributed by atoms with E-state index >= 15 is 0 Å². The van der Waals surface area contributed by atoms with Crippen LogP contribution in [0.2, 0.25) is 0 Å². The third-order valence-electron chi connectivity index (χ3n) is 6.40. The molecule has 0 bridgehead atoms.